The molecule has 0 radical (unpaired) electrons. The summed E-state index contributed by atoms with van der Waals surface area (Å²) >= 11 is 0. The van der Waals surface area contributed by atoms with Crippen molar-refractivity contribution in [1.82, 2.24) is 0 Å². The predicted octanol–water partition coefficient (Wildman–Crippen LogP) is 1.08. The Bertz CT molecular complexity index is 348. The third-order valence-corrected chi connectivity index (χ3v) is 2.18. The van der Waals surface area contributed by atoms with Gasteiger partial charge in [0.25, 0.3) is 0 Å². The van der Waals surface area contributed by atoms with Crippen molar-refractivity contribution in [3.05, 3.63) is 49.6 Å². The molecule has 0 aliphatic carbocycles. The predicted molar refractivity (Wildman–Crippen MR) is 65.7 cm³/mol. The van der Waals surface area contributed by atoms with Gasteiger partial charge >= 0.3 is 0 Å². The van der Waals surface area contributed by atoms with E-state index < -0.39 is 12.5 Å². The molecule has 0 spiro atoms. The second kappa shape index (κ2) is 5.34. The van der Waals surface area contributed by atoms with E-state index in [4.69, 9.17) is 5.73 Å². The standard InChI is InChI=1S/C12H16N2O2/c1-3-11(15)14(12(16)4-2)10-7-5-9(13)6-8-10/h3-8,11-12,15-16H,1-2,13H2. The van der Waals surface area contributed by atoms with Crippen LogP contribution in [0.2, 0.25) is 0 Å². The molecule has 0 aliphatic heterocycles. The number of anilines is 2. The van der Waals surface area contributed by atoms with Crippen molar-refractivity contribution in [1.29, 1.82) is 0 Å². The molecular formula is C12H16N2O2. The molecule has 0 saturated carbocycles. The molecule has 0 heterocycles. The van der Waals surface area contributed by atoms with Crippen LogP contribution in [0.4, 0.5) is 11.4 Å². The minimum Gasteiger partial charge on any atom is -0.399 e. The van der Waals surface area contributed by atoms with Crippen LogP contribution in [0.3, 0.4) is 0 Å². The highest BCUT2D eigenvalue weighted by molar-refractivity contribution is 5.54. The summed E-state index contributed by atoms with van der Waals surface area (Å²) in [5, 5.41) is 19.4. The first-order valence-corrected chi connectivity index (χ1v) is 4.85. The van der Waals surface area contributed by atoms with Crippen molar-refractivity contribution in [3.63, 3.8) is 0 Å². The Labute approximate surface area is 94.9 Å². The Hall–Kier alpha value is -1.78. The fraction of sp³-hybridized carbons (Fsp3) is 0.167. The maximum absolute atomic E-state index is 9.71. The van der Waals surface area contributed by atoms with Gasteiger partial charge in [-0.2, -0.15) is 0 Å². The Morgan fingerprint density at radius 2 is 1.50 bits per heavy atom. The van der Waals surface area contributed by atoms with E-state index >= 15 is 0 Å². The minimum absolute atomic E-state index is 0.616. The van der Waals surface area contributed by atoms with Crippen LogP contribution in [0.25, 0.3) is 0 Å². The smallest absolute Gasteiger partial charge is 0.148 e. The third kappa shape index (κ3) is 2.62. The maximum Gasteiger partial charge on any atom is 0.148 e. The molecule has 0 bridgehead atoms. The lowest BCUT2D eigenvalue weighted by molar-refractivity contribution is 0.136. The van der Waals surface area contributed by atoms with Crippen molar-refractivity contribution >= 4 is 11.4 Å². The SMILES string of the molecule is C=CC(O)N(c1ccc(N)cc1)C(O)C=C. The van der Waals surface area contributed by atoms with Crippen LogP contribution in [0, 0.1) is 0 Å². The van der Waals surface area contributed by atoms with Gasteiger partial charge in [0.2, 0.25) is 0 Å². The summed E-state index contributed by atoms with van der Waals surface area (Å²) in [6.07, 6.45) is 0.667. The number of nitrogens with zero attached hydrogens (tertiary/aromatic N) is 1. The quantitative estimate of drug-likeness (QED) is 0.394. The van der Waals surface area contributed by atoms with Gasteiger partial charge in [0, 0.05) is 11.4 Å². The van der Waals surface area contributed by atoms with Gasteiger partial charge in [-0.05, 0) is 36.4 Å². The fourth-order valence-electron chi connectivity index (χ4n) is 1.34. The van der Waals surface area contributed by atoms with Gasteiger partial charge in [-0.15, -0.1) is 0 Å². The first-order valence-electron chi connectivity index (χ1n) is 4.85. The van der Waals surface area contributed by atoms with Crippen LogP contribution in [0.15, 0.2) is 49.6 Å². The molecule has 1 aromatic carbocycles. The first-order chi connectivity index (χ1) is 7.60. The van der Waals surface area contributed by atoms with Gasteiger partial charge in [-0.3, -0.25) is 0 Å². The Morgan fingerprint density at radius 1 is 1.06 bits per heavy atom. The number of nitrogen functional groups attached to an aromatic ring is 1. The van der Waals surface area contributed by atoms with E-state index in [1.54, 1.807) is 24.3 Å². The second-order valence-electron chi connectivity index (χ2n) is 3.30. The number of aliphatic hydroxyl groups is 2. The number of nitrogens with two attached hydrogens (primary N) is 1. The number of hydrogen-bond donors (Lipinski definition) is 3. The van der Waals surface area contributed by atoms with Crippen LogP contribution < -0.4 is 10.6 Å². The molecule has 16 heavy (non-hydrogen) atoms. The second-order valence-corrected chi connectivity index (χ2v) is 3.30. The van der Waals surface area contributed by atoms with Crippen molar-refractivity contribution in [2.75, 3.05) is 10.6 Å². The Morgan fingerprint density at radius 3 is 1.88 bits per heavy atom. The zero-order chi connectivity index (χ0) is 12.1. The van der Waals surface area contributed by atoms with Crippen LogP contribution in [-0.2, 0) is 0 Å². The van der Waals surface area contributed by atoms with Gasteiger partial charge < -0.3 is 20.8 Å². The highest BCUT2D eigenvalue weighted by Gasteiger charge is 2.18. The highest BCUT2D eigenvalue weighted by atomic mass is 16.3. The van der Waals surface area contributed by atoms with E-state index in [1.165, 1.54) is 17.1 Å². The summed E-state index contributed by atoms with van der Waals surface area (Å²) in [5.41, 5.74) is 6.81. The van der Waals surface area contributed by atoms with Gasteiger partial charge in [0.05, 0.1) is 0 Å². The normalized spacial score (nSPS) is 13.9. The summed E-state index contributed by atoms with van der Waals surface area (Å²) in [5.74, 6) is 0. The molecule has 0 aromatic heterocycles. The van der Waals surface area contributed by atoms with E-state index in [9.17, 15) is 10.2 Å². The summed E-state index contributed by atoms with van der Waals surface area (Å²) < 4.78 is 0. The average molecular weight is 220 g/mol. The average Bonchev–Trinajstić information content (AvgIpc) is 2.31. The van der Waals surface area contributed by atoms with Gasteiger partial charge in [-0.1, -0.05) is 13.2 Å². The van der Waals surface area contributed by atoms with Gasteiger partial charge in [0.1, 0.15) is 12.5 Å². The topological polar surface area (TPSA) is 69.7 Å². The van der Waals surface area contributed by atoms with Crippen molar-refractivity contribution in [2.45, 2.75) is 12.5 Å². The Balaban J connectivity index is 3.05. The van der Waals surface area contributed by atoms with E-state index in [0.29, 0.717) is 11.4 Å². The largest absolute Gasteiger partial charge is 0.399 e. The molecule has 0 aliphatic rings. The lowest BCUT2D eigenvalue weighted by Gasteiger charge is -2.31. The maximum atomic E-state index is 9.71. The highest BCUT2D eigenvalue weighted by Crippen LogP contribution is 2.20. The molecular weight excluding hydrogens is 204 g/mol. The molecule has 2 atom stereocenters. The van der Waals surface area contributed by atoms with E-state index in [1.807, 2.05) is 0 Å². The number of benzene rings is 1. The molecule has 0 fully saturated rings. The summed E-state index contributed by atoms with van der Waals surface area (Å²) in [6, 6.07) is 6.78. The molecule has 4 heteroatoms. The van der Waals surface area contributed by atoms with Gasteiger partial charge in [0.15, 0.2) is 0 Å². The van der Waals surface area contributed by atoms with E-state index in [2.05, 4.69) is 13.2 Å². The molecule has 86 valence electrons. The van der Waals surface area contributed by atoms with Crippen LogP contribution >= 0.6 is 0 Å². The summed E-state index contributed by atoms with van der Waals surface area (Å²) in [7, 11) is 0. The monoisotopic (exact) mass is 220 g/mol. The molecule has 1 aromatic rings. The van der Waals surface area contributed by atoms with Gasteiger partial charge in [-0.25, -0.2) is 0 Å². The fourth-order valence-corrected chi connectivity index (χ4v) is 1.34. The molecule has 1 rings (SSSR count). The summed E-state index contributed by atoms with van der Waals surface area (Å²) in [4.78, 5) is 1.36. The minimum atomic E-state index is -0.989. The molecule has 4 N–H and O–H groups in total. The lowest BCUT2D eigenvalue weighted by Crippen LogP contribution is -2.41. The van der Waals surface area contributed by atoms with Crippen molar-refractivity contribution in [2.24, 2.45) is 0 Å². The van der Waals surface area contributed by atoms with Crippen LogP contribution in [-0.4, -0.2) is 22.7 Å². The molecule has 0 amide bonds. The summed E-state index contributed by atoms with van der Waals surface area (Å²) in [6.45, 7) is 6.96. The molecule has 2 unspecified atom stereocenters. The molecule has 4 nitrogen and oxygen atoms in total. The van der Waals surface area contributed by atoms with E-state index in [-0.39, 0.29) is 0 Å². The van der Waals surface area contributed by atoms with Crippen LogP contribution in [0.1, 0.15) is 0 Å². The van der Waals surface area contributed by atoms with E-state index in [0.717, 1.165) is 0 Å². The first kappa shape index (κ1) is 12.3. The zero-order valence-electron chi connectivity index (χ0n) is 8.95. The van der Waals surface area contributed by atoms with Crippen molar-refractivity contribution in [3.8, 4) is 0 Å². The zero-order valence-corrected chi connectivity index (χ0v) is 8.95. The third-order valence-electron chi connectivity index (χ3n) is 2.18. The molecule has 0 saturated heterocycles. The van der Waals surface area contributed by atoms with Crippen LogP contribution in [0.5, 0.6) is 0 Å². The Kier molecular flexibility index (Phi) is 4.10. The lowest BCUT2D eigenvalue weighted by atomic mass is 10.2. The van der Waals surface area contributed by atoms with Crippen molar-refractivity contribution < 1.29 is 10.2 Å². The number of rotatable bonds is 5. The number of aliphatic hydroxyl groups excluding tert-OH is 2. The number of hydrogen-bond acceptors (Lipinski definition) is 4.